The van der Waals surface area contributed by atoms with Crippen LogP contribution in [0.15, 0.2) is 0 Å². The van der Waals surface area contributed by atoms with Crippen molar-refractivity contribution in [1.82, 2.24) is 5.32 Å². The predicted molar refractivity (Wildman–Crippen MR) is 75.2 cm³/mol. The largest absolute Gasteiger partial charge is 0.425 e. The lowest BCUT2D eigenvalue weighted by Crippen LogP contribution is -2.38. The molecule has 0 unspecified atom stereocenters. The minimum atomic E-state index is -2.35. The van der Waals surface area contributed by atoms with Crippen molar-refractivity contribution in [3.8, 4) is 0 Å². The Balaban J connectivity index is 4.27. The van der Waals surface area contributed by atoms with Gasteiger partial charge in [0.15, 0.2) is 8.38 Å². The van der Waals surface area contributed by atoms with E-state index in [9.17, 15) is 14.0 Å². The monoisotopic (exact) mass is 327 g/mol. The van der Waals surface area contributed by atoms with Crippen LogP contribution in [0.25, 0.3) is 0 Å². The van der Waals surface area contributed by atoms with Gasteiger partial charge in [-0.25, -0.2) is 9.18 Å². The number of esters is 1. The summed E-state index contributed by atoms with van der Waals surface area (Å²) in [7, 11) is -2.35. The maximum Gasteiger partial charge on any atom is 0.410 e. The average molecular weight is 327 g/mol. The first-order valence-electron chi connectivity index (χ1n) is 6.57. The maximum absolute atomic E-state index is 13.2. The molecule has 0 spiro atoms. The van der Waals surface area contributed by atoms with E-state index in [-0.39, 0.29) is 11.8 Å². The lowest BCUT2D eigenvalue weighted by molar-refractivity contribution is -0.178. The second-order valence-electron chi connectivity index (χ2n) is 5.14. The van der Waals surface area contributed by atoms with Crippen molar-refractivity contribution >= 4 is 20.4 Å². The van der Waals surface area contributed by atoms with Crippen molar-refractivity contribution in [1.29, 1.82) is 0 Å². The molecular weight excluding hydrogens is 304 g/mol. The average Bonchev–Trinajstić information content (AvgIpc) is 2.34. The second kappa shape index (κ2) is 9.87. The predicted octanol–water partition coefficient (Wildman–Crippen LogP) is 1.53. The molecular formula is C12H23FNO6P. The normalized spacial score (nSPS) is 14.2. The van der Waals surface area contributed by atoms with Crippen LogP contribution in [0, 0.1) is 11.8 Å². The number of hydrogen-bond donors (Lipinski definition) is 3. The first kappa shape index (κ1) is 20.0. The van der Waals surface area contributed by atoms with Crippen LogP contribution in [-0.4, -0.2) is 47.0 Å². The highest BCUT2D eigenvalue weighted by molar-refractivity contribution is 7.45. The van der Waals surface area contributed by atoms with Crippen molar-refractivity contribution in [2.45, 2.75) is 40.2 Å². The molecule has 21 heavy (non-hydrogen) atoms. The van der Waals surface area contributed by atoms with E-state index in [2.05, 4.69) is 5.32 Å². The zero-order chi connectivity index (χ0) is 16.6. The van der Waals surface area contributed by atoms with Gasteiger partial charge in [0, 0.05) is 5.92 Å². The summed E-state index contributed by atoms with van der Waals surface area (Å²) in [5, 5.41) is 2.14. The second-order valence-corrected chi connectivity index (χ2v) is 6.25. The third-order valence-corrected chi connectivity index (χ3v) is 3.02. The van der Waals surface area contributed by atoms with E-state index >= 15 is 0 Å². The number of alkyl halides is 1. The Morgan fingerprint density at radius 1 is 1.19 bits per heavy atom. The van der Waals surface area contributed by atoms with Gasteiger partial charge in [0.05, 0.1) is 18.6 Å². The summed E-state index contributed by atoms with van der Waals surface area (Å²) in [5.74, 6) is -1.13. The molecule has 0 aromatic heterocycles. The standard InChI is InChI=1S/C12H23FNO6P/c1-7(2)10(15)19-11(8(3)4)20-12(16)14-5-9(13)6-21(17)18/h7-9,11,17-18H,5-6H2,1-4H3,(H,14,16)/t9-,11+/m0/s1. The molecule has 0 saturated heterocycles. The smallest absolute Gasteiger partial charge is 0.410 e. The topological polar surface area (TPSA) is 105 Å². The van der Waals surface area contributed by atoms with Gasteiger partial charge >= 0.3 is 12.1 Å². The lowest BCUT2D eigenvalue weighted by atomic mass is 10.2. The number of amides is 1. The number of carbonyl (C=O) groups excluding carboxylic acids is 2. The maximum atomic E-state index is 13.2. The molecule has 0 aliphatic heterocycles. The van der Waals surface area contributed by atoms with Gasteiger partial charge in [0.2, 0.25) is 0 Å². The summed E-state index contributed by atoms with van der Waals surface area (Å²) >= 11 is 0. The molecule has 3 N–H and O–H groups in total. The molecule has 0 radical (unpaired) electrons. The lowest BCUT2D eigenvalue weighted by Gasteiger charge is -2.22. The van der Waals surface area contributed by atoms with Crippen molar-refractivity contribution < 1.29 is 33.2 Å². The number of alkyl carbamates (subject to hydrolysis) is 1. The molecule has 7 nitrogen and oxygen atoms in total. The summed E-state index contributed by atoms with van der Waals surface area (Å²) in [5.41, 5.74) is 0. The molecule has 0 aromatic rings. The van der Waals surface area contributed by atoms with Gasteiger partial charge in [-0.1, -0.05) is 27.7 Å². The van der Waals surface area contributed by atoms with Crippen LogP contribution in [0.1, 0.15) is 27.7 Å². The molecule has 124 valence electrons. The molecule has 1 amide bonds. The molecule has 0 rings (SSSR count). The highest BCUT2D eigenvalue weighted by atomic mass is 31.2. The van der Waals surface area contributed by atoms with Gasteiger partial charge in [0.1, 0.15) is 6.17 Å². The highest BCUT2D eigenvalue weighted by Crippen LogP contribution is 2.24. The van der Waals surface area contributed by atoms with Crippen LogP contribution in [0.5, 0.6) is 0 Å². The Kier molecular flexibility index (Phi) is 9.41. The third kappa shape index (κ3) is 9.55. The summed E-state index contributed by atoms with van der Waals surface area (Å²) in [6.45, 7) is 6.29. The van der Waals surface area contributed by atoms with Gasteiger partial charge in [-0.15, -0.1) is 0 Å². The van der Waals surface area contributed by atoms with E-state index in [0.29, 0.717) is 0 Å². The summed E-state index contributed by atoms with van der Waals surface area (Å²) in [4.78, 5) is 40.2. The van der Waals surface area contributed by atoms with Crippen molar-refractivity contribution in [3.63, 3.8) is 0 Å². The minimum absolute atomic E-state index is 0.262. The highest BCUT2D eigenvalue weighted by Gasteiger charge is 2.24. The number of nitrogens with one attached hydrogen (secondary N) is 1. The van der Waals surface area contributed by atoms with Gasteiger partial charge in [0.25, 0.3) is 6.29 Å². The van der Waals surface area contributed by atoms with E-state index in [4.69, 9.17) is 19.3 Å². The molecule has 0 aliphatic rings. The van der Waals surface area contributed by atoms with E-state index in [1.165, 1.54) is 0 Å². The van der Waals surface area contributed by atoms with E-state index in [1.807, 2.05) is 0 Å². The zero-order valence-corrected chi connectivity index (χ0v) is 13.5. The Morgan fingerprint density at radius 3 is 2.19 bits per heavy atom. The van der Waals surface area contributed by atoms with Gasteiger partial charge < -0.3 is 24.6 Å². The molecule has 0 fully saturated rings. The van der Waals surface area contributed by atoms with E-state index < -0.39 is 45.6 Å². The first-order chi connectivity index (χ1) is 9.63. The SMILES string of the molecule is CC(C)C(=O)O[C@H](OC(=O)NC[C@H](F)CP(O)O)C(C)C. The molecule has 0 aliphatic carbocycles. The zero-order valence-electron chi connectivity index (χ0n) is 12.6. The summed E-state index contributed by atoms with van der Waals surface area (Å²) < 4.78 is 23.1. The van der Waals surface area contributed by atoms with Gasteiger partial charge in [-0.3, -0.25) is 4.79 Å². The quantitative estimate of drug-likeness (QED) is 0.355. The summed E-state index contributed by atoms with van der Waals surface area (Å²) in [6, 6.07) is 0. The van der Waals surface area contributed by atoms with Crippen molar-refractivity contribution in [3.05, 3.63) is 0 Å². The van der Waals surface area contributed by atoms with Crippen molar-refractivity contribution in [2.24, 2.45) is 11.8 Å². The Labute approximate surface area is 124 Å². The van der Waals surface area contributed by atoms with Crippen LogP contribution in [-0.2, 0) is 14.3 Å². The van der Waals surface area contributed by atoms with E-state index in [0.717, 1.165) is 0 Å². The molecule has 9 heteroatoms. The number of carbonyl (C=O) groups is 2. The minimum Gasteiger partial charge on any atom is -0.425 e. The van der Waals surface area contributed by atoms with E-state index in [1.54, 1.807) is 27.7 Å². The number of rotatable bonds is 8. The Hall–Kier alpha value is -0.980. The molecule has 2 atom stereocenters. The Bertz CT molecular complexity index is 340. The third-order valence-electron chi connectivity index (χ3n) is 2.30. The first-order valence-corrected chi connectivity index (χ1v) is 8.01. The number of ether oxygens (including phenoxy) is 2. The van der Waals surface area contributed by atoms with Gasteiger partial charge in [-0.05, 0) is 0 Å². The molecule has 0 aromatic carbocycles. The number of hydrogen-bond acceptors (Lipinski definition) is 6. The number of halogens is 1. The van der Waals surface area contributed by atoms with Crippen LogP contribution >= 0.6 is 8.38 Å². The fourth-order valence-electron chi connectivity index (χ4n) is 1.13. The summed E-state index contributed by atoms with van der Waals surface area (Å²) in [6.07, 6.45) is -4.04. The van der Waals surface area contributed by atoms with Crippen LogP contribution in [0.4, 0.5) is 9.18 Å². The molecule has 0 saturated carbocycles. The van der Waals surface area contributed by atoms with Gasteiger partial charge in [-0.2, -0.15) is 0 Å². The molecule has 0 heterocycles. The fraction of sp³-hybridized carbons (Fsp3) is 0.833. The van der Waals surface area contributed by atoms with Crippen LogP contribution in [0.3, 0.4) is 0 Å². The molecule has 0 bridgehead atoms. The fourth-order valence-corrected chi connectivity index (χ4v) is 1.61. The Morgan fingerprint density at radius 2 is 1.76 bits per heavy atom. The van der Waals surface area contributed by atoms with Crippen LogP contribution < -0.4 is 5.32 Å². The van der Waals surface area contributed by atoms with Crippen LogP contribution in [0.2, 0.25) is 0 Å². The van der Waals surface area contributed by atoms with Crippen molar-refractivity contribution in [2.75, 3.05) is 12.7 Å².